The van der Waals surface area contributed by atoms with Gasteiger partial charge >= 0.3 is 0 Å². The molecule has 2 aromatic carbocycles. The van der Waals surface area contributed by atoms with Gasteiger partial charge in [-0.25, -0.2) is 0 Å². The third kappa shape index (κ3) is 3.33. The Kier molecular flexibility index (Phi) is 4.22. The third-order valence-corrected chi connectivity index (χ3v) is 5.17. The average Bonchev–Trinajstić information content (AvgIpc) is 2.90. The predicted octanol–water partition coefficient (Wildman–Crippen LogP) is 4.10. The summed E-state index contributed by atoms with van der Waals surface area (Å²) in [5.74, 6) is 1.11. The van der Waals surface area contributed by atoms with Gasteiger partial charge in [0.15, 0.2) is 0 Å². The second-order valence-electron chi connectivity index (χ2n) is 7.33. The highest BCUT2D eigenvalue weighted by Crippen LogP contribution is 2.36. The second-order valence-corrected chi connectivity index (χ2v) is 7.33. The maximum absolute atomic E-state index is 12.5. The summed E-state index contributed by atoms with van der Waals surface area (Å²) < 4.78 is 5.96. The molecule has 2 N–H and O–H groups in total. The Labute approximate surface area is 158 Å². The van der Waals surface area contributed by atoms with Crippen molar-refractivity contribution in [3.8, 4) is 5.75 Å². The lowest BCUT2D eigenvalue weighted by Crippen LogP contribution is -2.27. The van der Waals surface area contributed by atoms with Crippen LogP contribution in [0.15, 0.2) is 36.4 Å². The average molecular weight is 362 g/mol. The van der Waals surface area contributed by atoms with Gasteiger partial charge in [-0.2, -0.15) is 0 Å². The van der Waals surface area contributed by atoms with E-state index in [-0.39, 0.29) is 17.9 Å². The zero-order valence-corrected chi connectivity index (χ0v) is 15.6. The molecular weight excluding hydrogens is 340 g/mol. The molecule has 2 unspecified atom stereocenters. The molecule has 27 heavy (non-hydrogen) atoms. The van der Waals surface area contributed by atoms with Gasteiger partial charge in [-0.15, -0.1) is 0 Å². The van der Waals surface area contributed by atoms with E-state index < -0.39 is 0 Å². The Morgan fingerprint density at radius 3 is 2.81 bits per heavy atom. The number of fused-ring (bicyclic) bond motifs is 2. The van der Waals surface area contributed by atoms with Crippen LogP contribution in [-0.2, 0) is 16.0 Å². The van der Waals surface area contributed by atoms with Gasteiger partial charge in [0, 0.05) is 23.7 Å². The van der Waals surface area contributed by atoms with Crippen LogP contribution in [-0.4, -0.2) is 17.9 Å². The van der Waals surface area contributed by atoms with Crippen molar-refractivity contribution in [2.45, 2.75) is 33.3 Å². The number of carbonyl (C=O) groups is 2. The van der Waals surface area contributed by atoms with E-state index in [1.165, 1.54) is 12.5 Å². The van der Waals surface area contributed by atoms with E-state index in [1.807, 2.05) is 24.3 Å². The smallest absolute Gasteiger partial charge is 0.256 e. The molecule has 0 radical (unpaired) electrons. The Hall–Kier alpha value is -3.08. The van der Waals surface area contributed by atoms with E-state index in [2.05, 4.69) is 30.5 Å². The fourth-order valence-electron chi connectivity index (χ4n) is 3.58. The first-order chi connectivity index (χ1) is 12.9. The van der Waals surface area contributed by atoms with Crippen molar-refractivity contribution in [1.29, 1.82) is 0 Å². The fraction of sp³-hybridized carbons (Fsp3) is 0.273. The van der Waals surface area contributed by atoms with Crippen LogP contribution in [0.3, 0.4) is 0 Å². The summed E-state index contributed by atoms with van der Waals surface area (Å²) in [6.07, 6.45) is 3.09. The molecule has 0 saturated heterocycles. The summed E-state index contributed by atoms with van der Waals surface area (Å²) >= 11 is 0. The fourth-order valence-corrected chi connectivity index (χ4v) is 3.58. The zero-order chi connectivity index (χ0) is 19.1. The number of carbonyl (C=O) groups excluding carboxylic acids is 2. The minimum absolute atomic E-state index is 0.138. The van der Waals surface area contributed by atoms with Crippen LogP contribution in [0, 0.1) is 5.92 Å². The third-order valence-electron chi connectivity index (χ3n) is 5.17. The van der Waals surface area contributed by atoms with Gasteiger partial charge in [-0.1, -0.05) is 19.1 Å². The number of benzene rings is 2. The molecule has 0 saturated carbocycles. The Bertz CT molecular complexity index is 978. The Morgan fingerprint density at radius 1 is 1.22 bits per heavy atom. The summed E-state index contributed by atoms with van der Waals surface area (Å²) in [7, 11) is 0. The van der Waals surface area contributed by atoms with Crippen molar-refractivity contribution in [2.75, 3.05) is 10.6 Å². The lowest BCUT2D eigenvalue weighted by Gasteiger charge is -2.29. The highest BCUT2D eigenvalue weighted by molar-refractivity contribution is 6.35. The van der Waals surface area contributed by atoms with Crippen molar-refractivity contribution in [3.05, 3.63) is 53.1 Å². The van der Waals surface area contributed by atoms with E-state index in [0.717, 1.165) is 23.3 Å². The summed E-state index contributed by atoms with van der Waals surface area (Å²) in [6, 6.07) is 11.5. The molecule has 2 amide bonds. The molecule has 138 valence electrons. The molecule has 2 aromatic rings. The van der Waals surface area contributed by atoms with Crippen LogP contribution in [0.1, 0.15) is 37.5 Å². The molecule has 5 heteroatoms. The van der Waals surface area contributed by atoms with Crippen molar-refractivity contribution in [3.63, 3.8) is 0 Å². The van der Waals surface area contributed by atoms with Crippen molar-refractivity contribution in [2.24, 2.45) is 5.92 Å². The first kappa shape index (κ1) is 17.3. The molecule has 4 rings (SSSR count). The number of hydrogen-bond donors (Lipinski definition) is 2. The van der Waals surface area contributed by atoms with Crippen molar-refractivity contribution >= 4 is 34.8 Å². The van der Waals surface area contributed by atoms with Crippen LogP contribution < -0.4 is 15.4 Å². The van der Waals surface area contributed by atoms with Gasteiger partial charge in [0.25, 0.3) is 5.91 Å². The number of nitrogens with one attached hydrogen (secondary N) is 2. The maximum Gasteiger partial charge on any atom is 0.256 e. The summed E-state index contributed by atoms with van der Waals surface area (Å²) in [5.41, 5.74) is 4.98. The topological polar surface area (TPSA) is 67.4 Å². The quantitative estimate of drug-likeness (QED) is 0.791. The highest BCUT2D eigenvalue weighted by Gasteiger charge is 2.26. The molecule has 0 aromatic heterocycles. The molecule has 0 spiro atoms. The Morgan fingerprint density at radius 2 is 2.04 bits per heavy atom. The largest absolute Gasteiger partial charge is 0.490 e. The van der Waals surface area contributed by atoms with E-state index in [1.54, 1.807) is 12.1 Å². The minimum atomic E-state index is -0.144. The van der Waals surface area contributed by atoms with Crippen LogP contribution in [0.5, 0.6) is 5.75 Å². The molecular formula is C22H22N2O3. The first-order valence-corrected chi connectivity index (χ1v) is 9.15. The van der Waals surface area contributed by atoms with E-state index in [0.29, 0.717) is 22.9 Å². The predicted molar refractivity (Wildman–Crippen MR) is 107 cm³/mol. The molecule has 5 nitrogen and oxygen atoms in total. The van der Waals surface area contributed by atoms with Gasteiger partial charge in [0.2, 0.25) is 5.91 Å². The molecule has 0 bridgehead atoms. The number of ether oxygens (including phenoxy) is 1. The second kappa shape index (κ2) is 6.58. The standard InChI is InChI=1S/C22H22N2O3/c1-12-8-16-9-15(4-7-21(16)27-13(12)2)10-19-18-6-5-17(23-14(3)25)11-20(18)24-22(19)26/h4-7,9-13H,8H2,1-3H3,(H,23,25)(H,24,26)/b19-10-. The summed E-state index contributed by atoms with van der Waals surface area (Å²) in [5, 5.41) is 5.61. The molecule has 2 heterocycles. The summed E-state index contributed by atoms with van der Waals surface area (Å²) in [4.78, 5) is 23.7. The number of rotatable bonds is 2. The number of anilines is 2. The van der Waals surface area contributed by atoms with Crippen LogP contribution in [0.25, 0.3) is 11.6 Å². The van der Waals surface area contributed by atoms with E-state index in [9.17, 15) is 9.59 Å². The number of amides is 2. The first-order valence-electron chi connectivity index (χ1n) is 9.15. The zero-order valence-electron chi connectivity index (χ0n) is 15.6. The van der Waals surface area contributed by atoms with Crippen LogP contribution in [0.4, 0.5) is 11.4 Å². The lowest BCUT2D eigenvalue weighted by molar-refractivity contribution is -0.114. The molecule has 2 aliphatic rings. The molecule has 0 aliphatic carbocycles. The van der Waals surface area contributed by atoms with Crippen LogP contribution in [0.2, 0.25) is 0 Å². The van der Waals surface area contributed by atoms with E-state index in [4.69, 9.17) is 4.74 Å². The monoisotopic (exact) mass is 362 g/mol. The highest BCUT2D eigenvalue weighted by atomic mass is 16.5. The summed E-state index contributed by atoms with van der Waals surface area (Å²) in [6.45, 7) is 5.74. The van der Waals surface area contributed by atoms with Gasteiger partial charge in [-0.3, -0.25) is 9.59 Å². The molecule has 2 aliphatic heterocycles. The van der Waals surface area contributed by atoms with E-state index >= 15 is 0 Å². The number of hydrogen-bond acceptors (Lipinski definition) is 3. The van der Waals surface area contributed by atoms with Crippen LogP contribution >= 0.6 is 0 Å². The SMILES string of the molecule is CC(=O)Nc1ccc2c(c1)NC(=O)/C2=C\c1ccc2c(c1)CC(C)C(C)O2. The molecule has 0 fully saturated rings. The Balaban J connectivity index is 1.67. The normalized spacial score (nSPS) is 21.9. The molecule has 2 atom stereocenters. The maximum atomic E-state index is 12.5. The van der Waals surface area contributed by atoms with Gasteiger partial charge in [0.05, 0.1) is 11.8 Å². The van der Waals surface area contributed by atoms with Gasteiger partial charge in [0.1, 0.15) is 5.75 Å². The minimum Gasteiger partial charge on any atom is -0.490 e. The lowest BCUT2D eigenvalue weighted by atomic mass is 9.91. The van der Waals surface area contributed by atoms with Crippen molar-refractivity contribution < 1.29 is 14.3 Å². The van der Waals surface area contributed by atoms with Gasteiger partial charge in [-0.05, 0) is 60.7 Å². The van der Waals surface area contributed by atoms with Gasteiger partial charge < -0.3 is 15.4 Å². The van der Waals surface area contributed by atoms with Crippen molar-refractivity contribution in [1.82, 2.24) is 0 Å².